The fourth-order valence-electron chi connectivity index (χ4n) is 3.28. The second-order valence-electron chi connectivity index (χ2n) is 5.79. The number of anilines is 1. The van der Waals surface area contributed by atoms with E-state index in [9.17, 15) is 4.79 Å². The predicted octanol–water partition coefficient (Wildman–Crippen LogP) is 1.53. The van der Waals surface area contributed by atoms with Gasteiger partial charge in [-0.15, -0.1) is 0 Å². The maximum absolute atomic E-state index is 12.1. The van der Waals surface area contributed by atoms with Crippen LogP contribution in [0.15, 0.2) is 42.9 Å². The number of hydrogen-bond acceptors (Lipinski definition) is 5. The Morgan fingerprint density at radius 2 is 2.08 bits per heavy atom. The van der Waals surface area contributed by atoms with Crippen molar-refractivity contribution in [1.82, 2.24) is 25.1 Å². The molecule has 0 bridgehead atoms. The van der Waals surface area contributed by atoms with Crippen LogP contribution in [0.3, 0.4) is 0 Å². The van der Waals surface area contributed by atoms with Crippen molar-refractivity contribution in [2.45, 2.75) is 18.9 Å². The monoisotopic (exact) mass is 322 g/mol. The third-order valence-electron chi connectivity index (χ3n) is 4.42. The molecule has 7 nitrogen and oxygen atoms in total. The lowest BCUT2D eigenvalue weighted by Crippen LogP contribution is -2.42. The highest BCUT2D eigenvalue weighted by molar-refractivity contribution is 5.92. The van der Waals surface area contributed by atoms with Gasteiger partial charge in [0.25, 0.3) is 0 Å². The lowest BCUT2D eigenvalue weighted by atomic mass is 10.2. The first-order valence-corrected chi connectivity index (χ1v) is 8.02. The highest BCUT2D eigenvalue weighted by atomic mass is 16.2. The molecule has 0 saturated carbocycles. The van der Waals surface area contributed by atoms with Crippen molar-refractivity contribution in [2.75, 3.05) is 18.5 Å². The molecule has 24 heavy (non-hydrogen) atoms. The Hall–Kier alpha value is -2.96. The molecule has 0 radical (unpaired) electrons. The number of para-hydroxylation sites is 1. The van der Waals surface area contributed by atoms with Gasteiger partial charge in [0, 0.05) is 13.6 Å². The summed E-state index contributed by atoms with van der Waals surface area (Å²) in [6, 6.07) is 9.68. The minimum Gasteiger partial charge on any atom is -0.357 e. The number of aromatic nitrogens is 4. The van der Waals surface area contributed by atoms with Crippen molar-refractivity contribution in [1.29, 1.82) is 0 Å². The number of rotatable bonds is 3. The van der Waals surface area contributed by atoms with E-state index in [-0.39, 0.29) is 11.9 Å². The summed E-state index contributed by atoms with van der Waals surface area (Å²) in [4.78, 5) is 23.0. The van der Waals surface area contributed by atoms with Gasteiger partial charge in [-0.25, -0.2) is 14.6 Å². The Bertz CT molecular complexity index is 875. The van der Waals surface area contributed by atoms with Crippen LogP contribution in [0.25, 0.3) is 16.7 Å². The van der Waals surface area contributed by atoms with Gasteiger partial charge in [-0.05, 0) is 25.0 Å². The van der Waals surface area contributed by atoms with Crippen LogP contribution in [-0.4, -0.2) is 45.3 Å². The molecule has 4 rings (SSSR count). The van der Waals surface area contributed by atoms with Crippen molar-refractivity contribution < 1.29 is 4.79 Å². The van der Waals surface area contributed by atoms with Crippen LogP contribution in [-0.2, 0) is 4.79 Å². The average Bonchev–Trinajstić information content (AvgIpc) is 3.28. The Morgan fingerprint density at radius 3 is 2.88 bits per heavy atom. The van der Waals surface area contributed by atoms with Crippen molar-refractivity contribution >= 4 is 22.8 Å². The van der Waals surface area contributed by atoms with E-state index < -0.39 is 0 Å². The molecule has 1 saturated heterocycles. The molecule has 0 aliphatic carbocycles. The van der Waals surface area contributed by atoms with E-state index in [1.54, 1.807) is 17.9 Å². The molecular formula is C17H18N6O. The largest absolute Gasteiger partial charge is 0.357 e. The SMILES string of the molecule is CNC(=O)[C@@H]1CCCN1c1ncnc2c1cnn2-c1ccccc1. The van der Waals surface area contributed by atoms with Crippen LogP contribution in [0.5, 0.6) is 0 Å². The second-order valence-corrected chi connectivity index (χ2v) is 5.79. The molecular weight excluding hydrogens is 304 g/mol. The fraction of sp³-hybridized carbons (Fsp3) is 0.294. The standard InChI is InChI=1S/C17H18N6O/c1-18-17(24)14-8-5-9-22(14)15-13-10-21-23(16(13)20-11-19-15)12-6-3-2-4-7-12/h2-4,6-7,10-11,14H,5,8-9H2,1H3,(H,18,24)/t14-/m0/s1. The number of nitrogens with zero attached hydrogens (tertiary/aromatic N) is 5. The van der Waals surface area contributed by atoms with Crippen molar-refractivity contribution in [3.63, 3.8) is 0 Å². The molecule has 3 heterocycles. The van der Waals surface area contributed by atoms with E-state index in [2.05, 4.69) is 25.3 Å². The molecule has 1 aliphatic heterocycles. The molecule has 1 N–H and O–H groups in total. The summed E-state index contributed by atoms with van der Waals surface area (Å²) in [5, 5.41) is 8.07. The summed E-state index contributed by atoms with van der Waals surface area (Å²) in [7, 11) is 1.67. The van der Waals surface area contributed by atoms with Crippen LogP contribution in [0.1, 0.15) is 12.8 Å². The number of benzene rings is 1. The Balaban J connectivity index is 1.81. The third kappa shape index (κ3) is 2.29. The summed E-state index contributed by atoms with van der Waals surface area (Å²) < 4.78 is 1.80. The topological polar surface area (TPSA) is 75.9 Å². The van der Waals surface area contributed by atoms with Crippen LogP contribution < -0.4 is 10.2 Å². The van der Waals surface area contributed by atoms with E-state index in [1.807, 2.05) is 30.3 Å². The van der Waals surface area contributed by atoms with E-state index in [0.717, 1.165) is 41.9 Å². The first-order valence-electron chi connectivity index (χ1n) is 8.02. The smallest absolute Gasteiger partial charge is 0.242 e. The summed E-state index contributed by atoms with van der Waals surface area (Å²) >= 11 is 0. The first kappa shape index (κ1) is 14.6. The average molecular weight is 322 g/mol. The lowest BCUT2D eigenvalue weighted by Gasteiger charge is -2.24. The molecule has 2 aromatic heterocycles. The summed E-state index contributed by atoms with van der Waals surface area (Å²) in [6.07, 6.45) is 5.11. The van der Waals surface area contributed by atoms with Gasteiger partial charge in [0.1, 0.15) is 18.2 Å². The van der Waals surface area contributed by atoms with Gasteiger partial charge in [-0.1, -0.05) is 18.2 Å². The molecule has 1 amide bonds. The normalized spacial score (nSPS) is 17.4. The second kappa shape index (κ2) is 5.92. The minimum atomic E-state index is -0.187. The Labute approximate surface area is 139 Å². The quantitative estimate of drug-likeness (QED) is 0.791. The molecule has 122 valence electrons. The van der Waals surface area contributed by atoms with Gasteiger partial charge in [0.2, 0.25) is 5.91 Å². The molecule has 0 spiro atoms. The Kier molecular flexibility index (Phi) is 3.60. The van der Waals surface area contributed by atoms with E-state index in [4.69, 9.17) is 0 Å². The van der Waals surface area contributed by atoms with Crippen molar-refractivity contribution in [2.24, 2.45) is 0 Å². The molecule has 1 fully saturated rings. The van der Waals surface area contributed by atoms with Gasteiger partial charge < -0.3 is 10.2 Å². The van der Waals surface area contributed by atoms with Gasteiger partial charge in [0.05, 0.1) is 17.3 Å². The maximum atomic E-state index is 12.1. The molecule has 1 aliphatic rings. The molecule has 3 aromatic rings. The van der Waals surface area contributed by atoms with Crippen molar-refractivity contribution in [3.8, 4) is 5.69 Å². The Morgan fingerprint density at radius 1 is 1.25 bits per heavy atom. The van der Waals surface area contributed by atoms with Gasteiger partial charge in [-0.3, -0.25) is 4.79 Å². The van der Waals surface area contributed by atoms with Gasteiger partial charge in [-0.2, -0.15) is 5.10 Å². The van der Waals surface area contributed by atoms with Crippen LogP contribution in [0, 0.1) is 0 Å². The highest BCUT2D eigenvalue weighted by Crippen LogP contribution is 2.30. The van der Waals surface area contributed by atoms with E-state index in [0.29, 0.717) is 0 Å². The van der Waals surface area contributed by atoms with Gasteiger partial charge >= 0.3 is 0 Å². The summed E-state index contributed by atoms with van der Waals surface area (Å²) in [5.74, 6) is 0.794. The zero-order chi connectivity index (χ0) is 16.5. The van der Waals surface area contributed by atoms with Crippen LogP contribution >= 0.6 is 0 Å². The van der Waals surface area contributed by atoms with E-state index in [1.165, 1.54) is 6.33 Å². The van der Waals surface area contributed by atoms with Crippen LogP contribution in [0.2, 0.25) is 0 Å². The lowest BCUT2D eigenvalue weighted by molar-refractivity contribution is -0.121. The number of amides is 1. The zero-order valence-corrected chi connectivity index (χ0v) is 13.4. The predicted molar refractivity (Wildman–Crippen MR) is 91.1 cm³/mol. The highest BCUT2D eigenvalue weighted by Gasteiger charge is 2.32. The van der Waals surface area contributed by atoms with Crippen LogP contribution in [0.4, 0.5) is 5.82 Å². The van der Waals surface area contributed by atoms with Crippen molar-refractivity contribution in [3.05, 3.63) is 42.9 Å². The zero-order valence-electron chi connectivity index (χ0n) is 13.4. The minimum absolute atomic E-state index is 0.0229. The molecule has 0 unspecified atom stereocenters. The van der Waals surface area contributed by atoms with E-state index >= 15 is 0 Å². The number of hydrogen-bond donors (Lipinski definition) is 1. The molecule has 1 aromatic carbocycles. The fourth-order valence-corrected chi connectivity index (χ4v) is 3.28. The molecule has 1 atom stereocenters. The summed E-state index contributed by atoms with van der Waals surface area (Å²) in [5.41, 5.74) is 1.69. The number of likely N-dealkylation sites (N-methyl/N-ethyl adjacent to an activating group) is 1. The first-order chi connectivity index (χ1) is 11.8. The molecule has 7 heteroatoms. The number of carbonyl (C=O) groups excluding carboxylic acids is 1. The number of fused-ring (bicyclic) bond motifs is 1. The maximum Gasteiger partial charge on any atom is 0.242 e. The number of nitrogens with one attached hydrogen (secondary N) is 1. The third-order valence-corrected chi connectivity index (χ3v) is 4.42. The number of carbonyl (C=O) groups is 1. The van der Waals surface area contributed by atoms with Gasteiger partial charge in [0.15, 0.2) is 5.65 Å². The summed E-state index contributed by atoms with van der Waals surface area (Å²) in [6.45, 7) is 0.806.